The average molecular weight is 420 g/mol. The van der Waals surface area contributed by atoms with E-state index in [1.54, 1.807) is 11.7 Å². The van der Waals surface area contributed by atoms with Crippen LogP contribution in [0.5, 0.6) is 0 Å². The number of aromatic nitrogens is 2. The predicted molar refractivity (Wildman–Crippen MR) is 82.8 cm³/mol. The van der Waals surface area contributed by atoms with Gasteiger partial charge in [0.05, 0.1) is 11.3 Å². The minimum absolute atomic E-state index is 0.150. The Morgan fingerprint density at radius 1 is 1.44 bits per heavy atom. The van der Waals surface area contributed by atoms with Crippen LogP contribution in [-0.2, 0) is 7.05 Å². The molecule has 0 saturated heterocycles. The second-order valence-corrected chi connectivity index (χ2v) is 5.97. The molecule has 2 rings (SSSR count). The number of nitrogens with zero attached hydrogens (tertiary/aromatic N) is 2. The Bertz CT molecular complexity index is 609. The predicted octanol–water partition coefficient (Wildman–Crippen LogP) is 3.35. The molecule has 0 unspecified atom stereocenters. The van der Waals surface area contributed by atoms with Gasteiger partial charge in [-0.15, -0.1) is 0 Å². The lowest BCUT2D eigenvalue weighted by molar-refractivity contribution is 0.102. The SMILES string of the molecule is Cc1cc(NC(=O)c2cc(I)ccc2Br)n(C)n1. The molecule has 0 radical (unpaired) electrons. The van der Waals surface area contributed by atoms with Gasteiger partial charge in [-0.3, -0.25) is 9.48 Å². The number of carbonyl (C=O) groups excluding carboxylic acids is 1. The highest BCUT2D eigenvalue weighted by Crippen LogP contribution is 2.21. The van der Waals surface area contributed by atoms with Crippen molar-refractivity contribution in [1.82, 2.24) is 9.78 Å². The number of halogens is 2. The molecule has 0 spiro atoms. The van der Waals surface area contributed by atoms with Crippen molar-refractivity contribution < 1.29 is 4.79 Å². The van der Waals surface area contributed by atoms with E-state index >= 15 is 0 Å². The highest BCUT2D eigenvalue weighted by atomic mass is 127. The molecule has 94 valence electrons. The van der Waals surface area contributed by atoms with Gasteiger partial charge in [-0.2, -0.15) is 5.10 Å². The van der Waals surface area contributed by atoms with Gasteiger partial charge in [0.15, 0.2) is 0 Å². The maximum atomic E-state index is 12.2. The molecule has 4 nitrogen and oxygen atoms in total. The molecule has 2 aromatic rings. The zero-order valence-electron chi connectivity index (χ0n) is 9.87. The van der Waals surface area contributed by atoms with Crippen molar-refractivity contribution in [3.05, 3.63) is 43.6 Å². The molecule has 1 aromatic heterocycles. The van der Waals surface area contributed by atoms with E-state index in [0.29, 0.717) is 11.4 Å². The largest absolute Gasteiger partial charge is 0.307 e. The first-order valence-corrected chi connectivity index (χ1v) is 7.11. The fourth-order valence-corrected chi connectivity index (χ4v) is 2.50. The van der Waals surface area contributed by atoms with Crippen molar-refractivity contribution in [2.45, 2.75) is 6.92 Å². The summed E-state index contributed by atoms with van der Waals surface area (Å²) >= 11 is 5.56. The van der Waals surface area contributed by atoms with Crippen LogP contribution in [0.15, 0.2) is 28.7 Å². The van der Waals surface area contributed by atoms with E-state index in [4.69, 9.17) is 0 Å². The number of anilines is 1. The Labute approximate surface area is 127 Å². The normalized spacial score (nSPS) is 10.4. The van der Waals surface area contributed by atoms with Crippen LogP contribution in [0.3, 0.4) is 0 Å². The topological polar surface area (TPSA) is 46.9 Å². The highest BCUT2D eigenvalue weighted by molar-refractivity contribution is 14.1. The summed E-state index contributed by atoms with van der Waals surface area (Å²) in [7, 11) is 1.80. The van der Waals surface area contributed by atoms with E-state index in [9.17, 15) is 4.79 Å². The Hall–Kier alpha value is -0.890. The van der Waals surface area contributed by atoms with E-state index in [-0.39, 0.29) is 5.91 Å². The second kappa shape index (κ2) is 5.40. The van der Waals surface area contributed by atoms with Crippen LogP contribution in [0.2, 0.25) is 0 Å². The number of amides is 1. The van der Waals surface area contributed by atoms with Crippen LogP contribution < -0.4 is 5.32 Å². The first-order chi connectivity index (χ1) is 8.47. The quantitative estimate of drug-likeness (QED) is 0.759. The maximum absolute atomic E-state index is 12.2. The molecule has 0 saturated carbocycles. The Kier molecular flexibility index (Phi) is 4.06. The number of benzene rings is 1. The van der Waals surface area contributed by atoms with Gasteiger partial charge in [0.1, 0.15) is 5.82 Å². The average Bonchev–Trinajstić information content (AvgIpc) is 2.61. The molecule has 0 aliphatic carbocycles. The second-order valence-electron chi connectivity index (χ2n) is 3.87. The number of aryl methyl sites for hydroxylation is 2. The first kappa shape index (κ1) is 13.5. The van der Waals surface area contributed by atoms with Gasteiger partial charge in [0.2, 0.25) is 0 Å². The molecule has 0 fully saturated rings. The van der Waals surface area contributed by atoms with Gasteiger partial charge in [-0.25, -0.2) is 0 Å². The van der Waals surface area contributed by atoms with Gasteiger partial charge < -0.3 is 5.32 Å². The number of rotatable bonds is 2. The monoisotopic (exact) mass is 419 g/mol. The lowest BCUT2D eigenvalue weighted by atomic mass is 10.2. The van der Waals surface area contributed by atoms with Crippen molar-refractivity contribution in [1.29, 1.82) is 0 Å². The van der Waals surface area contributed by atoms with E-state index in [2.05, 4.69) is 48.9 Å². The van der Waals surface area contributed by atoms with Gasteiger partial charge in [0, 0.05) is 21.2 Å². The molecule has 0 aliphatic heterocycles. The van der Waals surface area contributed by atoms with E-state index in [1.807, 2.05) is 31.2 Å². The Balaban J connectivity index is 2.27. The fraction of sp³-hybridized carbons (Fsp3) is 0.167. The van der Waals surface area contributed by atoms with Gasteiger partial charge in [-0.05, 0) is 63.6 Å². The molecule has 0 atom stereocenters. The molecular formula is C12H11BrIN3O. The Morgan fingerprint density at radius 3 is 2.78 bits per heavy atom. The van der Waals surface area contributed by atoms with E-state index in [1.165, 1.54) is 0 Å². The third-order valence-electron chi connectivity index (χ3n) is 2.42. The summed E-state index contributed by atoms with van der Waals surface area (Å²) in [5.41, 5.74) is 1.48. The minimum atomic E-state index is -0.150. The smallest absolute Gasteiger partial charge is 0.257 e. The fourth-order valence-electron chi connectivity index (χ4n) is 1.58. The first-order valence-electron chi connectivity index (χ1n) is 5.24. The molecular weight excluding hydrogens is 409 g/mol. The van der Waals surface area contributed by atoms with Crippen molar-refractivity contribution in [3.8, 4) is 0 Å². The van der Waals surface area contributed by atoms with Crippen LogP contribution in [0, 0.1) is 10.5 Å². The maximum Gasteiger partial charge on any atom is 0.257 e. The molecule has 0 aliphatic rings. The minimum Gasteiger partial charge on any atom is -0.307 e. The van der Waals surface area contributed by atoms with Gasteiger partial charge in [-0.1, -0.05) is 0 Å². The molecule has 1 aromatic carbocycles. The third-order valence-corrected chi connectivity index (χ3v) is 3.78. The summed E-state index contributed by atoms with van der Waals surface area (Å²) in [4.78, 5) is 12.2. The summed E-state index contributed by atoms with van der Waals surface area (Å²) in [5.74, 6) is 0.534. The lowest BCUT2D eigenvalue weighted by Crippen LogP contribution is -2.15. The van der Waals surface area contributed by atoms with Crippen LogP contribution >= 0.6 is 38.5 Å². The zero-order chi connectivity index (χ0) is 13.3. The zero-order valence-corrected chi connectivity index (χ0v) is 13.6. The molecule has 1 amide bonds. The Morgan fingerprint density at radius 2 is 2.17 bits per heavy atom. The van der Waals surface area contributed by atoms with E-state index in [0.717, 1.165) is 13.7 Å². The molecule has 0 bridgehead atoms. The summed E-state index contributed by atoms with van der Waals surface area (Å²) in [6.07, 6.45) is 0. The van der Waals surface area contributed by atoms with E-state index < -0.39 is 0 Å². The third kappa shape index (κ3) is 2.92. The standard InChI is InChI=1S/C12H11BrIN3O/c1-7-5-11(17(2)16-7)15-12(18)9-6-8(14)3-4-10(9)13/h3-6H,1-2H3,(H,15,18). The number of hydrogen-bond acceptors (Lipinski definition) is 2. The van der Waals surface area contributed by atoms with Gasteiger partial charge >= 0.3 is 0 Å². The lowest BCUT2D eigenvalue weighted by Gasteiger charge is -2.07. The number of hydrogen-bond donors (Lipinski definition) is 1. The van der Waals surface area contributed by atoms with Crippen LogP contribution in [0.25, 0.3) is 0 Å². The van der Waals surface area contributed by atoms with Crippen LogP contribution in [0.1, 0.15) is 16.1 Å². The summed E-state index contributed by atoms with van der Waals surface area (Å²) in [6.45, 7) is 1.89. The summed E-state index contributed by atoms with van der Waals surface area (Å²) < 4.78 is 3.44. The van der Waals surface area contributed by atoms with Crippen molar-refractivity contribution in [3.63, 3.8) is 0 Å². The molecule has 1 N–H and O–H groups in total. The van der Waals surface area contributed by atoms with Crippen molar-refractivity contribution >= 4 is 50.2 Å². The van der Waals surface area contributed by atoms with Crippen molar-refractivity contribution in [2.24, 2.45) is 7.05 Å². The molecule has 1 heterocycles. The van der Waals surface area contributed by atoms with Crippen LogP contribution in [-0.4, -0.2) is 15.7 Å². The van der Waals surface area contributed by atoms with Crippen LogP contribution in [0.4, 0.5) is 5.82 Å². The molecule has 6 heteroatoms. The molecule has 18 heavy (non-hydrogen) atoms. The number of carbonyl (C=O) groups is 1. The number of nitrogens with one attached hydrogen (secondary N) is 1. The highest BCUT2D eigenvalue weighted by Gasteiger charge is 2.12. The van der Waals surface area contributed by atoms with Gasteiger partial charge in [0.25, 0.3) is 5.91 Å². The summed E-state index contributed by atoms with van der Waals surface area (Å²) in [5, 5.41) is 7.03. The summed E-state index contributed by atoms with van der Waals surface area (Å²) in [6, 6.07) is 7.48. The van der Waals surface area contributed by atoms with Crippen molar-refractivity contribution in [2.75, 3.05) is 5.32 Å².